The molecular weight excluding hydrogens is 719 g/mol. The van der Waals surface area contributed by atoms with Crippen LogP contribution in [0, 0.1) is 0 Å². The Bertz CT molecular complexity index is 3070. The van der Waals surface area contributed by atoms with Gasteiger partial charge in [0.1, 0.15) is 11.0 Å². The molecule has 0 spiro atoms. The van der Waals surface area contributed by atoms with Crippen LogP contribution in [0.4, 0.5) is 0 Å². The van der Waals surface area contributed by atoms with E-state index >= 15 is 0 Å². The Balaban J connectivity index is 0.976. The van der Waals surface area contributed by atoms with E-state index in [-0.39, 0.29) is 0 Å². The highest BCUT2D eigenvalue weighted by Gasteiger charge is 2.17. The van der Waals surface area contributed by atoms with E-state index < -0.39 is 0 Å². The molecule has 0 radical (unpaired) electrons. The Hall–Kier alpha value is -8.17. The summed E-state index contributed by atoms with van der Waals surface area (Å²) in [7, 11) is 0. The maximum absolute atomic E-state index is 6.03. The average Bonchev–Trinajstić information content (AvgIpc) is 3.94. The van der Waals surface area contributed by atoms with Crippen LogP contribution in [-0.2, 0) is 0 Å². The third kappa shape index (κ3) is 6.13. The van der Waals surface area contributed by atoms with Gasteiger partial charge in [-0.2, -0.15) is 0 Å². The largest absolute Gasteiger partial charge is 0.436 e. The standard InChI is InChI=1S/C49H29N7O2/c1-2-10-30(11-3-1)43-37-12-4-5-13-38(37)50-44(53-43)31-18-20-32(21-19-31)45-54-46(33-22-26-35(27-23-33)48-51-39-14-6-8-16-41(39)57-48)56-47(55-45)34-24-28-36(29-25-34)49-52-40-15-7-9-17-42(40)58-49/h1-29H. The summed E-state index contributed by atoms with van der Waals surface area (Å²) in [5, 5.41) is 1.00. The number of aromatic nitrogens is 7. The Morgan fingerprint density at radius 1 is 0.259 bits per heavy atom. The van der Waals surface area contributed by atoms with Gasteiger partial charge in [-0.15, -0.1) is 0 Å². The van der Waals surface area contributed by atoms with E-state index in [1.54, 1.807) is 0 Å². The average molecular weight is 748 g/mol. The van der Waals surface area contributed by atoms with E-state index in [4.69, 9.17) is 33.8 Å². The van der Waals surface area contributed by atoms with Crippen molar-refractivity contribution in [2.75, 3.05) is 0 Å². The highest BCUT2D eigenvalue weighted by Crippen LogP contribution is 2.33. The normalized spacial score (nSPS) is 11.4. The molecule has 9 heteroatoms. The number of fused-ring (bicyclic) bond motifs is 3. The van der Waals surface area contributed by atoms with E-state index in [0.29, 0.717) is 35.1 Å². The monoisotopic (exact) mass is 747 g/mol. The Kier molecular flexibility index (Phi) is 7.92. The van der Waals surface area contributed by atoms with Crippen LogP contribution < -0.4 is 0 Å². The van der Waals surface area contributed by atoms with Crippen molar-refractivity contribution in [2.24, 2.45) is 0 Å². The van der Waals surface area contributed by atoms with Gasteiger partial charge in [0.25, 0.3) is 0 Å². The minimum absolute atomic E-state index is 0.529. The predicted molar refractivity (Wildman–Crippen MR) is 226 cm³/mol. The number of hydrogen-bond acceptors (Lipinski definition) is 9. The molecule has 0 aliphatic carbocycles. The fourth-order valence-corrected chi connectivity index (χ4v) is 7.07. The molecular formula is C49H29N7O2. The molecule has 11 aromatic rings. The topological polar surface area (TPSA) is 117 Å². The Morgan fingerprint density at radius 3 is 1.10 bits per heavy atom. The van der Waals surface area contributed by atoms with E-state index in [2.05, 4.69) is 28.2 Å². The molecule has 0 fully saturated rings. The number of benzene rings is 7. The van der Waals surface area contributed by atoms with Crippen molar-refractivity contribution in [3.63, 3.8) is 0 Å². The fraction of sp³-hybridized carbons (Fsp3) is 0. The van der Waals surface area contributed by atoms with E-state index in [1.165, 1.54) is 0 Å². The molecule has 272 valence electrons. The van der Waals surface area contributed by atoms with Crippen molar-refractivity contribution >= 4 is 33.1 Å². The van der Waals surface area contributed by atoms with Crippen molar-refractivity contribution in [1.29, 1.82) is 0 Å². The summed E-state index contributed by atoms with van der Waals surface area (Å²) in [6.07, 6.45) is 0. The second kappa shape index (κ2) is 13.8. The lowest BCUT2D eigenvalue weighted by molar-refractivity contribution is 0.619. The maximum Gasteiger partial charge on any atom is 0.227 e. The van der Waals surface area contributed by atoms with Gasteiger partial charge in [0.15, 0.2) is 34.5 Å². The lowest BCUT2D eigenvalue weighted by Gasteiger charge is -2.11. The second-order valence-corrected chi connectivity index (χ2v) is 13.8. The summed E-state index contributed by atoms with van der Waals surface area (Å²) in [5.74, 6) is 3.33. The van der Waals surface area contributed by atoms with Crippen molar-refractivity contribution in [2.45, 2.75) is 0 Å². The molecule has 0 atom stereocenters. The molecule has 0 aliphatic rings. The lowest BCUT2D eigenvalue weighted by atomic mass is 10.1. The molecule has 11 rings (SSSR count). The van der Waals surface area contributed by atoms with Crippen LogP contribution >= 0.6 is 0 Å². The molecule has 0 amide bonds. The van der Waals surface area contributed by atoms with Crippen LogP contribution in [0.2, 0.25) is 0 Å². The summed E-state index contributed by atoms with van der Waals surface area (Å²) in [5.41, 5.74) is 11.0. The summed E-state index contributed by atoms with van der Waals surface area (Å²) >= 11 is 0. The first kappa shape index (κ1) is 33.2. The van der Waals surface area contributed by atoms with Gasteiger partial charge >= 0.3 is 0 Å². The Labute approximate surface area is 331 Å². The fourth-order valence-electron chi connectivity index (χ4n) is 7.07. The zero-order chi connectivity index (χ0) is 38.4. The first-order valence-electron chi connectivity index (χ1n) is 18.8. The molecule has 58 heavy (non-hydrogen) atoms. The first-order valence-corrected chi connectivity index (χ1v) is 18.8. The van der Waals surface area contributed by atoms with Gasteiger partial charge in [-0.3, -0.25) is 0 Å². The molecule has 9 nitrogen and oxygen atoms in total. The molecule has 7 aromatic carbocycles. The quantitative estimate of drug-likeness (QED) is 0.157. The maximum atomic E-state index is 6.03. The first-order chi connectivity index (χ1) is 28.7. The molecule has 0 unspecified atom stereocenters. The van der Waals surface area contributed by atoms with Crippen LogP contribution in [0.3, 0.4) is 0 Å². The minimum atomic E-state index is 0.529. The molecule has 4 heterocycles. The molecule has 0 saturated heterocycles. The summed E-state index contributed by atoms with van der Waals surface area (Å²) < 4.78 is 12.1. The highest BCUT2D eigenvalue weighted by atomic mass is 16.4. The number of para-hydroxylation sites is 5. The predicted octanol–water partition coefficient (Wildman–Crippen LogP) is 11.8. The number of hydrogen-bond donors (Lipinski definition) is 0. The Morgan fingerprint density at radius 2 is 0.638 bits per heavy atom. The smallest absolute Gasteiger partial charge is 0.227 e. The third-order valence-electron chi connectivity index (χ3n) is 10.1. The molecule has 0 N–H and O–H groups in total. The summed E-state index contributed by atoms with van der Waals surface area (Å²) in [6, 6.07) is 57.6. The third-order valence-corrected chi connectivity index (χ3v) is 10.1. The molecule has 0 saturated carbocycles. The summed E-state index contributed by atoms with van der Waals surface area (Å²) in [6.45, 7) is 0. The van der Waals surface area contributed by atoms with Crippen LogP contribution in [0.25, 0.3) is 113 Å². The van der Waals surface area contributed by atoms with Gasteiger partial charge in [0.05, 0.1) is 11.2 Å². The van der Waals surface area contributed by atoms with Crippen LogP contribution in [0.1, 0.15) is 0 Å². The number of nitrogens with zero attached hydrogens (tertiary/aromatic N) is 7. The second-order valence-electron chi connectivity index (χ2n) is 13.8. The number of oxazole rings is 2. The van der Waals surface area contributed by atoms with E-state index in [0.717, 1.165) is 77.7 Å². The van der Waals surface area contributed by atoms with Crippen LogP contribution in [0.5, 0.6) is 0 Å². The van der Waals surface area contributed by atoms with E-state index in [9.17, 15) is 0 Å². The van der Waals surface area contributed by atoms with Crippen molar-refractivity contribution in [1.82, 2.24) is 34.9 Å². The van der Waals surface area contributed by atoms with Crippen molar-refractivity contribution in [3.05, 3.63) is 176 Å². The minimum Gasteiger partial charge on any atom is -0.436 e. The van der Waals surface area contributed by atoms with Gasteiger partial charge in [-0.25, -0.2) is 34.9 Å². The van der Waals surface area contributed by atoms with Gasteiger partial charge in [-0.05, 0) is 54.6 Å². The highest BCUT2D eigenvalue weighted by molar-refractivity contribution is 5.93. The zero-order valence-electron chi connectivity index (χ0n) is 30.7. The SMILES string of the molecule is c1ccc(-c2nc(-c3ccc(-c4nc(-c5ccc(-c6nc7ccccc7o6)cc5)nc(-c5ccc(-c6nc7ccccc7o6)cc5)n4)cc3)nc3ccccc23)cc1. The molecule has 0 aliphatic heterocycles. The summed E-state index contributed by atoms with van der Waals surface area (Å²) in [4.78, 5) is 34.3. The molecule has 0 bridgehead atoms. The zero-order valence-corrected chi connectivity index (χ0v) is 30.7. The molecule has 4 aromatic heterocycles. The van der Waals surface area contributed by atoms with Gasteiger partial charge in [-0.1, -0.05) is 121 Å². The van der Waals surface area contributed by atoms with Crippen LogP contribution in [-0.4, -0.2) is 34.9 Å². The van der Waals surface area contributed by atoms with Crippen molar-refractivity contribution in [3.8, 4) is 79.7 Å². The van der Waals surface area contributed by atoms with Crippen molar-refractivity contribution < 1.29 is 8.83 Å². The van der Waals surface area contributed by atoms with Crippen LogP contribution in [0.15, 0.2) is 185 Å². The van der Waals surface area contributed by atoms with E-state index in [1.807, 2.05) is 158 Å². The lowest BCUT2D eigenvalue weighted by Crippen LogP contribution is -2.00. The number of rotatable bonds is 7. The van der Waals surface area contributed by atoms with Gasteiger partial charge < -0.3 is 8.83 Å². The van der Waals surface area contributed by atoms with Gasteiger partial charge in [0, 0.05) is 44.3 Å². The van der Waals surface area contributed by atoms with Gasteiger partial charge in [0.2, 0.25) is 11.8 Å².